The van der Waals surface area contributed by atoms with Gasteiger partial charge < -0.3 is 14.0 Å². The second kappa shape index (κ2) is 15.3. The van der Waals surface area contributed by atoms with Crippen molar-refractivity contribution in [3.63, 3.8) is 0 Å². The first kappa shape index (κ1) is 42.2. The molecule has 0 heterocycles. The maximum Gasteiger partial charge on any atom is 0.640 e. The zero-order chi connectivity index (χ0) is 41.0. The molecule has 0 radical (unpaired) electrons. The van der Waals surface area contributed by atoms with Gasteiger partial charge in [0, 0.05) is 24.3 Å². The quantitative estimate of drug-likeness (QED) is 0.0654. The van der Waals surface area contributed by atoms with Crippen molar-refractivity contribution in [1.82, 2.24) is 0 Å². The Morgan fingerprint density at radius 1 is 0.352 bits per heavy atom. The van der Waals surface area contributed by atoms with Gasteiger partial charge in [-0.2, -0.15) is 0 Å². The zero-order valence-electron chi connectivity index (χ0n) is 25.9. The lowest BCUT2D eigenvalue weighted by molar-refractivity contribution is -0.00872. The average molecular weight is 810 g/mol. The van der Waals surface area contributed by atoms with Crippen LogP contribution >= 0.6 is 0 Å². The van der Waals surface area contributed by atoms with E-state index in [4.69, 9.17) is 14.0 Å². The fraction of sp³-hybridized carbons (Fsp3) is 0.200. The zero-order valence-corrected chi connectivity index (χ0v) is 25.9. The fourth-order valence-electron chi connectivity index (χ4n) is 5.30. The Labute approximate surface area is 286 Å². The maximum atomic E-state index is 16.0. The molecule has 0 bridgehead atoms. The van der Waals surface area contributed by atoms with Crippen molar-refractivity contribution in [2.75, 3.05) is 13.2 Å². The number of halogens is 20. The van der Waals surface area contributed by atoms with Crippen molar-refractivity contribution < 1.29 is 102 Å². The van der Waals surface area contributed by atoms with Gasteiger partial charge >= 0.3 is 7.32 Å². The van der Waals surface area contributed by atoms with Crippen LogP contribution in [0.25, 0.3) is 0 Å². The second-order valence-electron chi connectivity index (χ2n) is 10.3. The summed E-state index contributed by atoms with van der Waals surface area (Å²) in [5.41, 5.74) is -19.1. The highest BCUT2D eigenvalue weighted by Gasteiger charge is 2.60. The van der Waals surface area contributed by atoms with Crippen molar-refractivity contribution in [3.05, 3.63) is 139 Å². The summed E-state index contributed by atoms with van der Waals surface area (Å²) in [5, 5.41) is 0. The van der Waals surface area contributed by atoms with Crippen LogP contribution < -0.4 is 0 Å². The number of hydrogen-bond acceptors (Lipinski definition) is 3. The SMILES string of the molecule is CCOB(OCC)OC(c1c(F)c(F)c(F)c(F)c1F)(c1c(F)c(F)c(F)c(F)c1F)C(c1c(F)c(F)c(F)c(F)c1F)c1c(F)c(F)c(F)c(F)c1F. The molecule has 54 heavy (non-hydrogen) atoms. The first-order chi connectivity index (χ1) is 25.1. The molecule has 0 aliphatic rings. The van der Waals surface area contributed by atoms with Gasteiger partial charge in [-0.1, -0.05) is 0 Å². The molecule has 0 spiro atoms. The fourth-order valence-corrected chi connectivity index (χ4v) is 5.30. The standard InChI is InChI=1S/C30H11BF20O3/c1-3-52-31(53-4-2)54-30(8-14(36)22(44)28(50)23(45)15(8)37,9-16(38)24(46)29(51)25(47)17(9)39)7(5-10(32)18(40)26(48)19(41)11(5)33)6-12(34)20(42)27(49)21(43)13(6)35/h7H,3-4H2,1-2H3. The van der Waals surface area contributed by atoms with E-state index < -0.39 is 171 Å². The third-order valence-electron chi connectivity index (χ3n) is 7.52. The van der Waals surface area contributed by atoms with Gasteiger partial charge in [0.1, 0.15) is 5.60 Å². The van der Waals surface area contributed by atoms with E-state index in [1.54, 1.807) is 0 Å². The van der Waals surface area contributed by atoms with Crippen molar-refractivity contribution >= 4 is 7.32 Å². The summed E-state index contributed by atoms with van der Waals surface area (Å²) in [6.45, 7) is -0.186. The molecule has 0 saturated heterocycles. The van der Waals surface area contributed by atoms with Gasteiger partial charge in [0.2, 0.25) is 23.3 Å². The van der Waals surface area contributed by atoms with Crippen LogP contribution in [0.1, 0.15) is 42.0 Å². The van der Waals surface area contributed by atoms with Gasteiger partial charge in [0.05, 0.1) is 17.0 Å². The van der Waals surface area contributed by atoms with Crippen LogP contribution in [-0.2, 0) is 19.6 Å². The molecule has 0 amide bonds. The Hall–Kier alpha value is -4.58. The molecule has 0 N–H and O–H groups in total. The summed E-state index contributed by atoms with van der Waals surface area (Å²) in [7, 11) is -3.27. The molecule has 0 saturated carbocycles. The van der Waals surface area contributed by atoms with Crippen LogP contribution in [0.3, 0.4) is 0 Å². The highest BCUT2D eigenvalue weighted by atomic mass is 19.2. The number of hydrogen-bond donors (Lipinski definition) is 0. The molecule has 0 aromatic heterocycles. The molecule has 24 heteroatoms. The van der Waals surface area contributed by atoms with Crippen molar-refractivity contribution in [1.29, 1.82) is 0 Å². The summed E-state index contributed by atoms with van der Waals surface area (Å²) in [6, 6.07) is 0. The predicted molar refractivity (Wildman–Crippen MR) is 138 cm³/mol. The molecule has 0 aliphatic heterocycles. The highest BCUT2D eigenvalue weighted by molar-refractivity contribution is 6.36. The topological polar surface area (TPSA) is 27.7 Å². The Kier molecular flexibility index (Phi) is 11.9. The van der Waals surface area contributed by atoms with E-state index in [0.717, 1.165) is 13.8 Å². The van der Waals surface area contributed by atoms with Crippen molar-refractivity contribution in [2.45, 2.75) is 25.4 Å². The highest BCUT2D eigenvalue weighted by Crippen LogP contribution is 2.56. The third kappa shape index (κ3) is 6.20. The Morgan fingerprint density at radius 3 is 0.778 bits per heavy atom. The largest absolute Gasteiger partial charge is 0.640 e. The minimum atomic E-state index is -5.75. The van der Waals surface area contributed by atoms with Gasteiger partial charge in [-0.15, -0.1) is 0 Å². The van der Waals surface area contributed by atoms with Crippen LogP contribution in [-0.4, -0.2) is 20.5 Å². The van der Waals surface area contributed by atoms with Crippen LogP contribution in [0, 0.1) is 116 Å². The van der Waals surface area contributed by atoms with E-state index in [1.165, 1.54) is 0 Å². The average Bonchev–Trinajstić information content (AvgIpc) is 3.14. The summed E-state index contributed by atoms with van der Waals surface area (Å²) >= 11 is 0. The molecule has 4 aromatic carbocycles. The molecule has 292 valence electrons. The lowest BCUT2D eigenvalue weighted by Crippen LogP contribution is -2.49. The first-order valence-electron chi connectivity index (χ1n) is 14.0. The van der Waals surface area contributed by atoms with Crippen molar-refractivity contribution in [3.8, 4) is 0 Å². The van der Waals surface area contributed by atoms with Gasteiger partial charge in [-0.3, -0.25) is 0 Å². The normalized spacial score (nSPS) is 12.1. The number of rotatable bonds is 11. The van der Waals surface area contributed by atoms with E-state index in [-0.39, 0.29) is 0 Å². The summed E-state index contributed by atoms with van der Waals surface area (Å²) in [4.78, 5) is 0. The third-order valence-corrected chi connectivity index (χ3v) is 7.52. The summed E-state index contributed by atoms with van der Waals surface area (Å²) in [6.07, 6.45) is 0. The molecule has 0 unspecified atom stereocenters. The molecule has 4 aromatic rings. The molecule has 4 rings (SSSR count). The first-order valence-corrected chi connectivity index (χ1v) is 14.0. The molecule has 0 aliphatic carbocycles. The Balaban J connectivity index is 2.65. The molecule has 0 atom stereocenters. The predicted octanol–water partition coefficient (Wildman–Crippen LogP) is 9.62. The van der Waals surface area contributed by atoms with Crippen molar-refractivity contribution in [2.24, 2.45) is 0 Å². The lowest BCUT2D eigenvalue weighted by Gasteiger charge is -2.44. The van der Waals surface area contributed by atoms with E-state index in [0.29, 0.717) is 0 Å². The Bertz CT molecular complexity index is 1920. The van der Waals surface area contributed by atoms with E-state index in [1.807, 2.05) is 0 Å². The van der Waals surface area contributed by atoms with E-state index in [2.05, 4.69) is 0 Å². The maximum absolute atomic E-state index is 16.0. The lowest BCUT2D eigenvalue weighted by atomic mass is 9.67. The monoisotopic (exact) mass is 810 g/mol. The van der Waals surface area contributed by atoms with Gasteiger partial charge in [-0.05, 0) is 13.8 Å². The van der Waals surface area contributed by atoms with Crippen LogP contribution in [0.4, 0.5) is 87.8 Å². The van der Waals surface area contributed by atoms with Crippen LogP contribution in [0.2, 0.25) is 0 Å². The van der Waals surface area contributed by atoms with Crippen LogP contribution in [0.5, 0.6) is 0 Å². The van der Waals surface area contributed by atoms with Gasteiger partial charge in [0.15, 0.2) is 93.1 Å². The molecule has 3 nitrogen and oxygen atoms in total. The smallest absolute Gasteiger partial charge is 0.386 e. The Morgan fingerprint density at radius 2 is 0.556 bits per heavy atom. The van der Waals surface area contributed by atoms with Crippen LogP contribution in [0.15, 0.2) is 0 Å². The van der Waals surface area contributed by atoms with Gasteiger partial charge in [0.25, 0.3) is 0 Å². The minimum absolute atomic E-state index is 0.874. The van der Waals surface area contributed by atoms with E-state index >= 15 is 35.1 Å². The van der Waals surface area contributed by atoms with Gasteiger partial charge in [-0.25, -0.2) is 87.8 Å². The van der Waals surface area contributed by atoms with E-state index in [9.17, 15) is 52.7 Å². The summed E-state index contributed by atoms with van der Waals surface area (Å²) < 4.78 is 318. The minimum Gasteiger partial charge on any atom is -0.386 e. The second-order valence-corrected chi connectivity index (χ2v) is 10.3. The summed E-state index contributed by atoms with van der Waals surface area (Å²) in [5.74, 6) is -73.9. The molecule has 0 fully saturated rings. The number of benzene rings is 4. The molecular formula is C30H11BF20O3. The molecular weight excluding hydrogens is 799 g/mol.